The van der Waals surface area contributed by atoms with Gasteiger partial charge in [0.15, 0.2) is 0 Å². The number of fused-ring (bicyclic) bond motifs is 2. The Kier molecular flexibility index (Phi) is 2.92. The molecule has 0 aliphatic carbocycles. The van der Waals surface area contributed by atoms with Gasteiger partial charge in [0.2, 0.25) is 9.84 Å². The number of aromatic carboxylic acids is 2. The van der Waals surface area contributed by atoms with Gasteiger partial charge in [-0.2, -0.15) is 0 Å². The van der Waals surface area contributed by atoms with Gasteiger partial charge in [0.05, 0.1) is 11.1 Å². The van der Waals surface area contributed by atoms with Crippen LogP contribution in [0.25, 0.3) is 0 Å². The van der Waals surface area contributed by atoms with Gasteiger partial charge in [-0.1, -0.05) is 0 Å². The van der Waals surface area contributed by atoms with Crippen LogP contribution in [0.5, 0.6) is 11.5 Å². The lowest BCUT2D eigenvalue weighted by Gasteiger charge is -2.20. The highest BCUT2D eigenvalue weighted by molar-refractivity contribution is 7.91. The van der Waals surface area contributed by atoms with Crippen molar-refractivity contribution >= 4 is 21.8 Å². The Morgan fingerprint density at radius 2 is 1.23 bits per heavy atom. The fourth-order valence-corrected chi connectivity index (χ4v) is 3.66. The van der Waals surface area contributed by atoms with Crippen molar-refractivity contribution in [2.45, 2.75) is 9.79 Å². The van der Waals surface area contributed by atoms with Gasteiger partial charge in [0.1, 0.15) is 21.3 Å². The summed E-state index contributed by atoms with van der Waals surface area (Å²) in [5.74, 6) is -2.55. The van der Waals surface area contributed by atoms with E-state index in [0.717, 1.165) is 12.1 Å². The lowest BCUT2D eigenvalue weighted by Crippen LogP contribution is -2.13. The molecule has 0 spiro atoms. The molecular weight excluding hydrogens is 312 g/mol. The number of sulfone groups is 1. The van der Waals surface area contributed by atoms with Crippen LogP contribution < -0.4 is 4.74 Å². The van der Waals surface area contributed by atoms with Gasteiger partial charge in [0, 0.05) is 0 Å². The predicted molar refractivity (Wildman–Crippen MR) is 72.3 cm³/mol. The second-order valence-electron chi connectivity index (χ2n) is 4.54. The van der Waals surface area contributed by atoms with Crippen LogP contribution in [-0.2, 0) is 9.84 Å². The van der Waals surface area contributed by atoms with Crippen LogP contribution in [0.2, 0.25) is 0 Å². The zero-order chi connectivity index (χ0) is 16.1. The Hall–Kier alpha value is -2.87. The first-order chi connectivity index (χ1) is 10.3. The molecule has 2 N–H and O–H groups in total. The molecule has 7 nitrogen and oxygen atoms in total. The quantitative estimate of drug-likeness (QED) is 0.741. The van der Waals surface area contributed by atoms with Crippen molar-refractivity contribution in [2.24, 2.45) is 0 Å². The second kappa shape index (κ2) is 4.57. The Balaban J connectivity index is 2.26. The van der Waals surface area contributed by atoms with E-state index < -0.39 is 21.8 Å². The summed E-state index contributed by atoms with van der Waals surface area (Å²) in [6.45, 7) is 0. The largest absolute Gasteiger partial charge is 0.478 e. The van der Waals surface area contributed by atoms with Crippen molar-refractivity contribution in [3.8, 4) is 11.5 Å². The molecule has 0 saturated carbocycles. The molecule has 22 heavy (non-hydrogen) atoms. The van der Waals surface area contributed by atoms with Crippen molar-refractivity contribution in [1.29, 1.82) is 0 Å². The molecule has 0 atom stereocenters. The predicted octanol–water partition coefficient (Wildman–Crippen LogP) is 2.02. The van der Waals surface area contributed by atoms with Gasteiger partial charge in [-0.15, -0.1) is 0 Å². The number of hydrogen-bond donors (Lipinski definition) is 2. The molecule has 0 amide bonds. The number of carbonyl (C=O) groups is 2. The number of carboxylic acids is 2. The maximum atomic E-state index is 12.6. The summed E-state index contributed by atoms with van der Waals surface area (Å²) < 4.78 is 30.6. The lowest BCUT2D eigenvalue weighted by molar-refractivity contribution is 0.0686. The number of hydrogen-bond acceptors (Lipinski definition) is 5. The average molecular weight is 320 g/mol. The van der Waals surface area contributed by atoms with E-state index in [-0.39, 0.29) is 32.4 Å². The minimum absolute atomic E-state index is 0.000532. The molecule has 3 rings (SSSR count). The first-order valence-electron chi connectivity index (χ1n) is 5.98. The minimum Gasteiger partial charge on any atom is -0.478 e. The fraction of sp³-hybridized carbons (Fsp3) is 0. The summed E-state index contributed by atoms with van der Waals surface area (Å²) in [5.41, 5.74) is -0.410. The first kappa shape index (κ1) is 14.1. The number of carboxylic acid groups (broad SMARTS) is 2. The van der Waals surface area contributed by atoms with Gasteiger partial charge in [-0.05, 0) is 36.4 Å². The summed E-state index contributed by atoms with van der Waals surface area (Å²) in [5, 5.41) is 17.9. The third-order valence-corrected chi connectivity index (χ3v) is 4.98. The van der Waals surface area contributed by atoms with Crippen LogP contribution in [-0.4, -0.2) is 30.6 Å². The van der Waals surface area contributed by atoms with E-state index in [1.54, 1.807) is 0 Å². The molecular formula is C14H8O7S. The highest BCUT2D eigenvalue weighted by atomic mass is 32.2. The van der Waals surface area contributed by atoms with E-state index in [4.69, 9.17) is 14.9 Å². The highest BCUT2D eigenvalue weighted by Gasteiger charge is 2.33. The van der Waals surface area contributed by atoms with Crippen LogP contribution in [0.15, 0.2) is 46.2 Å². The molecule has 2 aromatic carbocycles. The molecule has 112 valence electrons. The Bertz CT molecular complexity index is 859. The maximum Gasteiger partial charge on any atom is 0.335 e. The van der Waals surface area contributed by atoms with E-state index in [1.807, 2.05) is 0 Å². The van der Waals surface area contributed by atoms with E-state index in [2.05, 4.69) is 0 Å². The van der Waals surface area contributed by atoms with Crippen molar-refractivity contribution in [2.75, 3.05) is 0 Å². The zero-order valence-electron chi connectivity index (χ0n) is 10.8. The molecule has 0 radical (unpaired) electrons. The summed E-state index contributed by atoms with van der Waals surface area (Å²) in [4.78, 5) is 21.3. The third kappa shape index (κ3) is 2.01. The van der Waals surface area contributed by atoms with Gasteiger partial charge < -0.3 is 14.9 Å². The minimum atomic E-state index is -4.07. The summed E-state index contributed by atoms with van der Waals surface area (Å²) in [7, 11) is -4.07. The van der Waals surface area contributed by atoms with Crippen LogP contribution >= 0.6 is 0 Å². The van der Waals surface area contributed by atoms with Gasteiger partial charge >= 0.3 is 11.9 Å². The third-order valence-electron chi connectivity index (χ3n) is 3.18. The summed E-state index contributed by atoms with van der Waals surface area (Å²) in [6.07, 6.45) is 0. The van der Waals surface area contributed by atoms with Crippen molar-refractivity contribution < 1.29 is 33.0 Å². The Labute approximate surface area is 124 Å². The van der Waals surface area contributed by atoms with E-state index in [0.29, 0.717) is 0 Å². The molecule has 0 aromatic heterocycles. The first-order valence-corrected chi connectivity index (χ1v) is 7.46. The van der Waals surface area contributed by atoms with Crippen LogP contribution in [0, 0.1) is 0 Å². The lowest BCUT2D eigenvalue weighted by atomic mass is 10.2. The normalized spacial score (nSPS) is 14.4. The van der Waals surface area contributed by atoms with E-state index in [9.17, 15) is 18.0 Å². The second-order valence-corrected chi connectivity index (χ2v) is 6.43. The standard InChI is InChI=1S/C14H8O7S/c15-13(16)7-1-3-9-11(5-7)22(19,20)12-6-8(14(17)18)2-4-10(12)21-9/h1-6H,(H,15,16)(H,17,18). The van der Waals surface area contributed by atoms with Gasteiger partial charge in [-0.3, -0.25) is 0 Å². The van der Waals surface area contributed by atoms with Crippen LogP contribution in [0.1, 0.15) is 20.7 Å². The Morgan fingerprint density at radius 3 is 1.59 bits per heavy atom. The monoisotopic (exact) mass is 320 g/mol. The average Bonchev–Trinajstić information content (AvgIpc) is 2.46. The molecule has 1 aliphatic rings. The van der Waals surface area contributed by atoms with E-state index >= 15 is 0 Å². The molecule has 0 fully saturated rings. The summed E-state index contributed by atoms with van der Waals surface area (Å²) >= 11 is 0. The zero-order valence-corrected chi connectivity index (χ0v) is 11.6. The van der Waals surface area contributed by atoms with E-state index in [1.165, 1.54) is 24.3 Å². The fourth-order valence-electron chi connectivity index (χ4n) is 2.11. The maximum absolute atomic E-state index is 12.6. The highest BCUT2D eigenvalue weighted by Crippen LogP contribution is 2.43. The van der Waals surface area contributed by atoms with Gasteiger partial charge in [-0.25, -0.2) is 18.0 Å². The van der Waals surface area contributed by atoms with Crippen LogP contribution in [0.4, 0.5) is 0 Å². The topological polar surface area (TPSA) is 118 Å². The molecule has 1 heterocycles. The molecule has 0 unspecified atom stereocenters. The number of ether oxygens (including phenoxy) is 1. The number of benzene rings is 2. The molecule has 1 aliphatic heterocycles. The Morgan fingerprint density at radius 1 is 0.818 bits per heavy atom. The number of rotatable bonds is 2. The van der Waals surface area contributed by atoms with Gasteiger partial charge in [0.25, 0.3) is 0 Å². The van der Waals surface area contributed by atoms with Crippen molar-refractivity contribution in [3.63, 3.8) is 0 Å². The molecule has 2 aromatic rings. The molecule has 0 saturated heterocycles. The smallest absolute Gasteiger partial charge is 0.335 e. The molecule has 8 heteroatoms. The van der Waals surface area contributed by atoms with Crippen molar-refractivity contribution in [1.82, 2.24) is 0 Å². The van der Waals surface area contributed by atoms with Crippen molar-refractivity contribution in [3.05, 3.63) is 47.5 Å². The molecule has 0 bridgehead atoms. The summed E-state index contributed by atoms with van der Waals surface area (Å²) in [6, 6.07) is 6.95. The SMILES string of the molecule is O=C(O)c1ccc2c(c1)S(=O)(=O)c1cc(C(=O)O)ccc1O2. The van der Waals surface area contributed by atoms with Crippen LogP contribution in [0.3, 0.4) is 0 Å².